The number of aliphatic carboxylic acids is 1. The van der Waals surface area contributed by atoms with Gasteiger partial charge >= 0.3 is 0 Å². The fraction of sp³-hybridized carbons (Fsp3) is 0.429. The predicted octanol–water partition coefficient (Wildman–Crippen LogP) is 2.49. The number of hydrogen-bond donors (Lipinski definition) is 1. The second kappa shape index (κ2) is 6.46. The molecule has 1 aliphatic carbocycles. The Labute approximate surface area is 127 Å². The van der Waals surface area contributed by atoms with Crippen LogP contribution in [0.4, 0.5) is 5.69 Å². The van der Waals surface area contributed by atoms with Crippen LogP contribution in [0.1, 0.15) is 25.7 Å². The number of hydrogen-bond acceptors (Lipinski definition) is 3. The number of carbonyl (C=O) groups is 2. The molecule has 108 valence electrons. The van der Waals surface area contributed by atoms with Crippen LogP contribution in [0.3, 0.4) is 0 Å². The first-order valence-electron chi connectivity index (χ1n) is 6.45. The zero-order valence-corrected chi connectivity index (χ0v) is 12.2. The van der Waals surface area contributed by atoms with Crippen molar-refractivity contribution in [1.29, 1.82) is 0 Å². The molecule has 0 saturated heterocycles. The Bertz CT molecular complexity index is 513. The highest BCUT2D eigenvalue weighted by atomic mass is 35.5. The van der Waals surface area contributed by atoms with E-state index in [0.717, 1.165) is 12.8 Å². The lowest BCUT2D eigenvalue weighted by Crippen LogP contribution is -2.42. The van der Waals surface area contributed by atoms with Crippen molar-refractivity contribution in [3.63, 3.8) is 0 Å². The maximum absolute atomic E-state index is 12.2. The summed E-state index contributed by atoms with van der Waals surface area (Å²) in [6.45, 7) is 0. The molecule has 6 heteroatoms. The summed E-state index contributed by atoms with van der Waals surface area (Å²) in [7, 11) is 0. The van der Waals surface area contributed by atoms with Crippen molar-refractivity contribution in [2.75, 3.05) is 5.32 Å². The minimum atomic E-state index is -1.16. The Morgan fingerprint density at radius 2 is 1.60 bits per heavy atom. The first kappa shape index (κ1) is 15.1. The molecule has 2 rings (SSSR count). The standard InChI is InChI=1S/C14H15Cl2NO3/c15-8-5-9(16)7-10(6-8)17-13(18)11-3-1-2-4-12(11)14(19)20/h5-7,11-12H,1-4H2,(H,17,18)(H,19,20)/p-1. The first-order valence-corrected chi connectivity index (χ1v) is 7.21. The van der Waals surface area contributed by atoms with E-state index in [1.807, 2.05) is 0 Å². The summed E-state index contributed by atoms with van der Waals surface area (Å²) >= 11 is 11.7. The van der Waals surface area contributed by atoms with Gasteiger partial charge in [-0.25, -0.2) is 0 Å². The zero-order chi connectivity index (χ0) is 14.7. The molecule has 1 aromatic rings. The first-order chi connectivity index (χ1) is 9.47. The fourth-order valence-corrected chi connectivity index (χ4v) is 3.11. The van der Waals surface area contributed by atoms with Gasteiger partial charge in [-0.3, -0.25) is 4.79 Å². The lowest BCUT2D eigenvalue weighted by atomic mass is 9.78. The third-order valence-electron chi connectivity index (χ3n) is 3.54. The van der Waals surface area contributed by atoms with Crippen LogP contribution in [0.5, 0.6) is 0 Å². The average molecular weight is 315 g/mol. The van der Waals surface area contributed by atoms with Crippen LogP contribution < -0.4 is 10.4 Å². The van der Waals surface area contributed by atoms with Crippen molar-refractivity contribution in [2.24, 2.45) is 11.8 Å². The van der Waals surface area contributed by atoms with Crippen molar-refractivity contribution in [2.45, 2.75) is 25.7 Å². The second-order valence-corrected chi connectivity index (χ2v) is 5.84. The zero-order valence-electron chi connectivity index (χ0n) is 10.7. The minimum absolute atomic E-state index is 0.322. The summed E-state index contributed by atoms with van der Waals surface area (Å²) in [5.74, 6) is -2.77. The van der Waals surface area contributed by atoms with Crippen molar-refractivity contribution >= 4 is 40.8 Å². The minimum Gasteiger partial charge on any atom is -0.550 e. The van der Waals surface area contributed by atoms with Gasteiger partial charge in [-0.05, 0) is 31.0 Å². The van der Waals surface area contributed by atoms with Crippen molar-refractivity contribution in [1.82, 2.24) is 0 Å². The lowest BCUT2D eigenvalue weighted by Gasteiger charge is -2.31. The van der Waals surface area contributed by atoms with Crippen LogP contribution >= 0.6 is 23.2 Å². The van der Waals surface area contributed by atoms with E-state index >= 15 is 0 Å². The third-order valence-corrected chi connectivity index (χ3v) is 3.97. The molecular weight excluding hydrogens is 301 g/mol. The second-order valence-electron chi connectivity index (χ2n) is 4.96. The summed E-state index contributed by atoms with van der Waals surface area (Å²) < 4.78 is 0. The molecule has 0 heterocycles. The van der Waals surface area contributed by atoms with Gasteiger partial charge < -0.3 is 15.2 Å². The van der Waals surface area contributed by atoms with Gasteiger partial charge in [0.1, 0.15) is 0 Å². The number of amides is 1. The molecule has 4 nitrogen and oxygen atoms in total. The van der Waals surface area contributed by atoms with E-state index in [4.69, 9.17) is 23.2 Å². The van der Waals surface area contributed by atoms with Gasteiger partial charge in [0.15, 0.2) is 0 Å². The summed E-state index contributed by atoms with van der Waals surface area (Å²) in [5, 5.41) is 14.6. The van der Waals surface area contributed by atoms with Crippen LogP contribution in [0.2, 0.25) is 10.0 Å². The number of rotatable bonds is 3. The number of carbonyl (C=O) groups excluding carboxylic acids is 2. The summed E-state index contributed by atoms with van der Waals surface area (Å²) in [6, 6.07) is 4.70. The molecule has 0 aliphatic heterocycles. The van der Waals surface area contributed by atoms with E-state index in [2.05, 4.69) is 5.32 Å². The molecule has 1 amide bonds. The lowest BCUT2D eigenvalue weighted by molar-refractivity contribution is -0.313. The number of nitrogens with one attached hydrogen (secondary N) is 1. The number of benzene rings is 1. The van der Waals surface area contributed by atoms with Crippen LogP contribution in [0.25, 0.3) is 0 Å². The Morgan fingerprint density at radius 3 is 2.15 bits per heavy atom. The van der Waals surface area contributed by atoms with Gasteiger partial charge in [-0.15, -0.1) is 0 Å². The van der Waals surface area contributed by atoms with E-state index in [1.54, 1.807) is 18.2 Å². The molecule has 1 aromatic carbocycles. The van der Waals surface area contributed by atoms with Gasteiger partial charge in [0.05, 0.1) is 0 Å². The monoisotopic (exact) mass is 314 g/mol. The van der Waals surface area contributed by atoms with Crippen LogP contribution in [-0.4, -0.2) is 11.9 Å². The average Bonchev–Trinajstić information content (AvgIpc) is 2.37. The quantitative estimate of drug-likeness (QED) is 0.931. The number of anilines is 1. The smallest absolute Gasteiger partial charge is 0.228 e. The molecule has 1 N–H and O–H groups in total. The summed E-state index contributed by atoms with van der Waals surface area (Å²) in [4.78, 5) is 23.3. The molecule has 0 spiro atoms. The molecule has 20 heavy (non-hydrogen) atoms. The Hall–Kier alpha value is -1.26. The van der Waals surface area contributed by atoms with Crippen molar-refractivity contribution in [3.8, 4) is 0 Å². The molecule has 1 saturated carbocycles. The highest BCUT2D eigenvalue weighted by Gasteiger charge is 2.31. The topological polar surface area (TPSA) is 69.2 Å². The summed E-state index contributed by atoms with van der Waals surface area (Å²) in [5.41, 5.74) is 0.468. The van der Waals surface area contributed by atoms with E-state index in [0.29, 0.717) is 28.6 Å². The molecule has 1 aliphatic rings. The fourth-order valence-electron chi connectivity index (χ4n) is 2.59. The highest BCUT2D eigenvalue weighted by molar-refractivity contribution is 6.35. The van der Waals surface area contributed by atoms with Gasteiger partial charge in [0, 0.05) is 33.5 Å². The molecule has 0 radical (unpaired) electrons. The molecular formula is C14H14Cl2NO3-. The van der Waals surface area contributed by atoms with E-state index < -0.39 is 17.8 Å². The van der Waals surface area contributed by atoms with E-state index in [9.17, 15) is 14.7 Å². The largest absolute Gasteiger partial charge is 0.550 e. The highest BCUT2D eigenvalue weighted by Crippen LogP contribution is 2.31. The Morgan fingerprint density at radius 1 is 1.05 bits per heavy atom. The molecule has 2 atom stereocenters. The van der Waals surface area contributed by atoms with Gasteiger partial charge in [0.2, 0.25) is 5.91 Å². The van der Waals surface area contributed by atoms with E-state index in [-0.39, 0.29) is 5.91 Å². The molecule has 0 aromatic heterocycles. The maximum Gasteiger partial charge on any atom is 0.228 e. The SMILES string of the molecule is O=C([O-])C1CCCCC1C(=O)Nc1cc(Cl)cc(Cl)c1. The van der Waals surface area contributed by atoms with Crippen molar-refractivity contribution < 1.29 is 14.7 Å². The van der Waals surface area contributed by atoms with Crippen molar-refractivity contribution in [3.05, 3.63) is 28.2 Å². The number of carboxylic acids is 1. The maximum atomic E-state index is 12.2. The van der Waals surface area contributed by atoms with Gasteiger partial charge in [-0.1, -0.05) is 36.0 Å². The van der Waals surface area contributed by atoms with Gasteiger partial charge in [-0.2, -0.15) is 0 Å². The van der Waals surface area contributed by atoms with Crippen LogP contribution in [0.15, 0.2) is 18.2 Å². The third kappa shape index (κ3) is 3.64. The van der Waals surface area contributed by atoms with Crippen LogP contribution in [-0.2, 0) is 9.59 Å². The number of carboxylic acid groups (broad SMARTS) is 1. The summed E-state index contributed by atoms with van der Waals surface area (Å²) in [6.07, 6.45) is 2.69. The van der Waals surface area contributed by atoms with Gasteiger partial charge in [0.25, 0.3) is 0 Å². The van der Waals surface area contributed by atoms with E-state index in [1.165, 1.54) is 0 Å². The number of halogens is 2. The molecule has 0 bridgehead atoms. The Balaban J connectivity index is 2.11. The molecule has 2 unspecified atom stereocenters. The molecule has 1 fully saturated rings. The Kier molecular flexibility index (Phi) is 4.89. The van der Waals surface area contributed by atoms with Crippen LogP contribution in [0, 0.1) is 11.8 Å². The predicted molar refractivity (Wildman–Crippen MR) is 75.5 cm³/mol. The normalized spacial score (nSPS) is 22.3.